The van der Waals surface area contributed by atoms with E-state index in [0.717, 1.165) is 28.1 Å². The summed E-state index contributed by atoms with van der Waals surface area (Å²) in [7, 11) is 0. The molecule has 1 saturated carbocycles. The van der Waals surface area contributed by atoms with Crippen LogP contribution in [0.3, 0.4) is 0 Å². The molecule has 3 heterocycles. The van der Waals surface area contributed by atoms with E-state index in [-0.39, 0.29) is 17.8 Å². The molecule has 5 rings (SSSR count). The molecular formula is C23H23FN6OS. The van der Waals surface area contributed by atoms with Gasteiger partial charge in [-0.15, -0.1) is 11.3 Å². The molecule has 0 bridgehead atoms. The predicted octanol–water partition coefficient (Wildman–Crippen LogP) is 5.49. The molecule has 1 amide bonds. The highest BCUT2D eigenvalue weighted by atomic mass is 32.1. The zero-order valence-corrected chi connectivity index (χ0v) is 18.6. The maximum absolute atomic E-state index is 14.6. The average molecular weight is 451 g/mol. The Labute approximate surface area is 188 Å². The normalized spacial score (nSPS) is 14.8. The first kappa shape index (κ1) is 20.6. The lowest BCUT2D eigenvalue weighted by atomic mass is 9.93. The van der Waals surface area contributed by atoms with E-state index in [0.29, 0.717) is 28.7 Å². The number of fused-ring (bicyclic) bond motifs is 1. The van der Waals surface area contributed by atoms with Crippen LogP contribution in [0.4, 0.5) is 15.9 Å². The molecular weight excluding hydrogens is 427 g/mol. The number of rotatable bonds is 6. The Hall–Kier alpha value is -3.33. The number of nitrogens with zero attached hydrogens (tertiary/aromatic N) is 4. The quantitative estimate of drug-likeness (QED) is 0.406. The summed E-state index contributed by atoms with van der Waals surface area (Å²) in [6.07, 6.45) is 8.38. The Kier molecular flexibility index (Phi) is 5.34. The number of thiophene rings is 1. The summed E-state index contributed by atoms with van der Waals surface area (Å²) in [6.45, 7) is 3.86. The lowest BCUT2D eigenvalue weighted by molar-refractivity contribution is 0.102. The fourth-order valence-electron chi connectivity index (χ4n) is 3.76. The van der Waals surface area contributed by atoms with Crippen molar-refractivity contribution in [2.75, 3.05) is 10.6 Å². The van der Waals surface area contributed by atoms with Crippen LogP contribution in [0.2, 0.25) is 0 Å². The van der Waals surface area contributed by atoms with Crippen LogP contribution in [0, 0.1) is 12.7 Å². The van der Waals surface area contributed by atoms with Gasteiger partial charge in [-0.2, -0.15) is 5.10 Å². The van der Waals surface area contributed by atoms with Crippen molar-refractivity contribution >= 4 is 39.1 Å². The maximum Gasteiger partial charge on any atom is 0.258 e. The summed E-state index contributed by atoms with van der Waals surface area (Å²) in [6, 6.07) is 6.56. The number of hydrogen-bond donors (Lipinski definition) is 2. The highest BCUT2D eigenvalue weighted by Crippen LogP contribution is 2.31. The number of aromatic nitrogens is 4. The van der Waals surface area contributed by atoms with Crippen LogP contribution in [-0.4, -0.2) is 25.7 Å². The van der Waals surface area contributed by atoms with Gasteiger partial charge in [0.25, 0.3) is 5.91 Å². The molecule has 4 aromatic rings. The minimum absolute atomic E-state index is 0.266. The number of halogens is 1. The Balaban J connectivity index is 1.30. The Morgan fingerprint density at radius 2 is 2.12 bits per heavy atom. The topological polar surface area (TPSA) is 84.7 Å². The number of anilines is 2. The van der Waals surface area contributed by atoms with Gasteiger partial charge in [-0.3, -0.25) is 9.48 Å². The Morgan fingerprint density at radius 1 is 1.28 bits per heavy atom. The van der Waals surface area contributed by atoms with Crippen LogP contribution in [0.25, 0.3) is 10.3 Å². The van der Waals surface area contributed by atoms with Crippen LogP contribution in [0.5, 0.6) is 0 Å². The van der Waals surface area contributed by atoms with Crippen molar-refractivity contribution in [1.29, 1.82) is 0 Å². The second-order valence-corrected chi connectivity index (χ2v) is 9.39. The molecule has 1 fully saturated rings. The van der Waals surface area contributed by atoms with Gasteiger partial charge in [-0.05, 0) is 57.4 Å². The van der Waals surface area contributed by atoms with E-state index >= 15 is 0 Å². The Bertz CT molecular complexity index is 1290. The van der Waals surface area contributed by atoms with Crippen molar-refractivity contribution in [2.24, 2.45) is 0 Å². The first-order valence-corrected chi connectivity index (χ1v) is 11.4. The average Bonchev–Trinajstić information content (AvgIpc) is 3.34. The molecule has 0 spiro atoms. The second-order valence-electron chi connectivity index (χ2n) is 8.15. The van der Waals surface area contributed by atoms with E-state index in [1.165, 1.54) is 12.5 Å². The molecule has 0 unspecified atom stereocenters. The highest BCUT2D eigenvalue weighted by Gasteiger charge is 2.21. The van der Waals surface area contributed by atoms with Crippen LogP contribution in [-0.2, 0) is 0 Å². The van der Waals surface area contributed by atoms with Gasteiger partial charge in [0.05, 0.1) is 30.0 Å². The van der Waals surface area contributed by atoms with E-state index < -0.39 is 0 Å². The van der Waals surface area contributed by atoms with Crippen LogP contribution >= 0.6 is 11.3 Å². The van der Waals surface area contributed by atoms with Crippen molar-refractivity contribution in [3.8, 4) is 0 Å². The van der Waals surface area contributed by atoms with Crippen LogP contribution in [0.1, 0.15) is 59.1 Å². The van der Waals surface area contributed by atoms with Gasteiger partial charge in [0, 0.05) is 22.3 Å². The SMILES string of the molecule is Cc1cc2ncc(N[C@@H](C)c3cc(NC(=O)c4cnn(C5CCC5)c4)ccc3F)nc2s1. The number of amides is 1. The van der Waals surface area contributed by atoms with E-state index in [9.17, 15) is 9.18 Å². The van der Waals surface area contributed by atoms with Crippen molar-refractivity contribution in [2.45, 2.75) is 45.2 Å². The minimum atomic E-state index is -0.374. The maximum atomic E-state index is 14.6. The third-order valence-electron chi connectivity index (χ3n) is 5.76. The number of nitrogens with one attached hydrogen (secondary N) is 2. The molecule has 0 aliphatic heterocycles. The molecule has 1 aromatic carbocycles. The number of carbonyl (C=O) groups excluding carboxylic acids is 1. The summed E-state index contributed by atoms with van der Waals surface area (Å²) in [4.78, 5) is 23.6. The van der Waals surface area contributed by atoms with Crippen LogP contribution < -0.4 is 10.6 Å². The van der Waals surface area contributed by atoms with E-state index in [2.05, 4.69) is 25.7 Å². The smallest absolute Gasteiger partial charge is 0.258 e. The molecule has 164 valence electrons. The molecule has 7 nitrogen and oxygen atoms in total. The number of aryl methyl sites for hydroxylation is 1. The van der Waals surface area contributed by atoms with Gasteiger partial charge in [0.15, 0.2) is 0 Å². The molecule has 0 radical (unpaired) electrons. The van der Waals surface area contributed by atoms with Crippen molar-refractivity contribution in [3.05, 3.63) is 64.7 Å². The van der Waals surface area contributed by atoms with E-state index in [4.69, 9.17) is 0 Å². The molecule has 1 aliphatic carbocycles. The first-order valence-electron chi connectivity index (χ1n) is 10.6. The molecule has 0 saturated heterocycles. The zero-order valence-electron chi connectivity index (χ0n) is 17.8. The predicted molar refractivity (Wildman–Crippen MR) is 124 cm³/mol. The van der Waals surface area contributed by atoms with Crippen molar-refractivity contribution in [1.82, 2.24) is 19.7 Å². The monoisotopic (exact) mass is 450 g/mol. The molecule has 1 atom stereocenters. The first-order chi connectivity index (χ1) is 15.5. The third-order valence-corrected chi connectivity index (χ3v) is 6.70. The molecule has 9 heteroatoms. The fourth-order valence-corrected chi connectivity index (χ4v) is 4.60. The largest absolute Gasteiger partial charge is 0.362 e. The third kappa shape index (κ3) is 4.08. The second kappa shape index (κ2) is 8.31. The fraction of sp³-hybridized carbons (Fsp3) is 0.304. The van der Waals surface area contributed by atoms with E-state index in [1.807, 2.05) is 24.6 Å². The molecule has 32 heavy (non-hydrogen) atoms. The summed E-state index contributed by atoms with van der Waals surface area (Å²) in [5.41, 5.74) is 2.29. The van der Waals surface area contributed by atoms with Gasteiger partial charge in [0.1, 0.15) is 22.0 Å². The zero-order chi connectivity index (χ0) is 22.2. The van der Waals surface area contributed by atoms with Gasteiger partial charge in [0.2, 0.25) is 0 Å². The summed E-state index contributed by atoms with van der Waals surface area (Å²) in [5.74, 6) is -0.0518. The molecule has 3 aromatic heterocycles. The van der Waals surface area contributed by atoms with Gasteiger partial charge in [-0.25, -0.2) is 14.4 Å². The number of carbonyl (C=O) groups is 1. The molecule has 2 N–H and O–H groups in total. The lowest BCUT2D eigenvalue weighted by Crippen LogP contribution is -2.17. The molecule has 1 aliphatic rings. The van der Waals surface area contributed by atoms with Gasteiger partial charge >= 0.3 is 0 Å². The van der Waals surface area contributed by atoms with Gasteiger partial charge in [-0.1, -0.05) is 0 Å². The highest BCUT2D eigenvalue weighted by molar-refractivity contribution is 7.18. The van der Waals surface area contributed by atoms with E-state index in [1.54, 1.807) is 42.1 Å². The minimum Gasteiger partial charge on any atom is -0.362 e. The summed E-state index contributed by atoms with van der Waals surface area (Å²) in [5, 5.41) is 10.4. The lowest BCUT2D eigenvalue weighted by Gasteiger charge is -2.25. The summed E-state index contributed by atoms with van der Waals surface area (Å²) < 4.78 is 16.4. The number of benzene rings is 1. The Morgan fingerprint density at radius 3 is 2.91 bits per heavy atom. The standard InChI is InChI=1S/C23H23FN6OS/c1-13-8-20-23(32-13)29-21(11-25-20)27-14(2)18-9-16(6-7-19(18)24)28-22(31)15-10-26-30(12-15)17-4-3-5-17/h6-12,14,17H,3-5H2,1-2H3,(H,27,29)(H,28,31)/t14-/m0/s1. The van der Waals surface area contributed by atoms with Crippen molar-refractivity contribution in [3.63, 3.8) is 0 Å². The van der Waals surface area contributed by atoms with Crippen LogP contribution in [0.15, 0.2) is 42.9 Å². The van der Waals surface area contributed by atoms with Gasteiger partial charge < -0.3 is 10.6 Å². The summed E-state index contributed by atoms with van der Waals surface area (Å²) >= 11 is 1.57. The number of hydrogen-bond acceptors (Lipinski definition) is 6. The van der Waals surface area contributed by atoms with Crippen molar-refractivity contribution < 1.29 is 9.18 Å².